The number of anilines is 1. The predicted octanol–water partition coefficient (Wildman–Crippen LogP) is 5.09. The normalized spacial score (nSPS) is 11.6. The molecular formula is C25H20N2O3. The molecule has 5 heteroatoms. The quantitative estimate of drug-likeness (QED) is 0.477. The second kappa shape index (κ2) is 8.57. The smallest absolute Gasteiger partial charge is 0.357 e. The third kappa shape index (κ3) is 4.20. The number of carbonyl (C=O) groups excluding carboxylic acids is 2. The number of rotatable bonds is 5. The zero-order valence-corrected chi connectivity index (χ0v) is 16.4. The molecule has 0 radical (unpaired) electrons. The Labute approximate surface area is 174 Å². The molecule has 0 aliphatic carbocycles. The van der Waals surface area contributed by atoms with Gasteiger partial charge in [-0.3, -0.25) is 4.79 Å². The number of nitrogens with one attached hydrogen (secondary N) is 1. The number of nitrogens with zero attached hydrogens (tertiary/aromatic N) is 1. The molecule has 1 amide bonds. The highest BCUT2D eigenvalue weighted by Gasteiger charge is 2.21. The molecule has 0 fully saturated rings. The first kappa shape index (κ1) is 19.3. The second-order valence-corrected chi connectivity index (χ2v) is 6.84. The maximum atomic E-state index is 12.7. The Morgan fingerprint density at radius 2 is 1.53 bits per heavy atom. The van der Waals surface area contributed by atoms with Crippen LogP contribution in [-0.2, 0) is 9.53 Å². The standard InChI is InChI=1S/C25H20N2O3/c1-17(30-25(29)23-16-15-19-11-5-7-13-21(19)26-23)24(28)27-22-14-8-6-12-20(22)18-9-3-2-4-10-18/h2-17H,1H3,(H,27,28)/t17-/m0/s1. The van der Waals surface area contributed by atoms with Crippen LogP contribution in [0.3, 0.4) is 0 Å². The summed E-state index contributed by atoms with van der Waals surface area (Å²) in [4.78, 5) is 29.5. The van der Waals surface area contributed by atoms with Crippen molar-refractivity contribution >= 4 is 28.5 Å². The van der Waals surface area contributed by atoms with Crippen LogP contribution in [0.1, 0.15) is 17.4 Å². The van der Waals surface area contributed by atoms with Crippen molar-refractivity contribution in [2.75, 3.05) is 5.32 Å². The number of esters is 1. The summed E-state index contributed by atoms with van der Waals surface area (Å²) in [6.07, 6.45) is -0.977. The summed E-state index contributed by atoms with van der Waals surface area (Å²) in [5.74, 6) is -1.05. The zero-order chi connectivity index (χ0) is 20.9. The van der Waals surface area contributed by atoms with Crippen molar-refractivity contribution in [1.29, 1.82) is 0 Å². The monoisotopic (exact) mass is 396 g/mol. The summed E-state index contributed by atoms with van der Waals surface area (Å²) in [6, 6.07) is 28.2. The van der Waals surface area contributed by atoms with E-state index in [0.717, 1.165) is 16.5 Å². The fourth-order valence-electron chi connectivity index (χ4n) is 3.15. The Bertz CT molecular complexity index is 1210. The second-order valence-electron chi connectivity index (χ2n) is 6.84. The highest BCUT2D eigenvalue weighted by atomic mass is 16.5. The first-order valence-electron chi connectivity index (χ1n) is 9.64. The van der Waals surface area contributed by atoms with Crippen molar-refractivity contribution in [3.63, 3.8) is 0 Å². The largest absolute Gasteiger partial charge is 0.448 e. The van der Waals surface area contributed by atoms with E-state index < -0.39 is 18.0 Å². The third-order valence-corrected chi connectivity index (χ3v) is 4.73. The van der Waals surface area contributed by atoms with Gasteiger partial charge in [-0.15, -0.1) is 0 Å². The van der Waals surface area contributed by atoms with Crippen LogP contribution in [0.2, 0.25) is 0 Å². The SMILES string of the molecule is C[C@H](OC(=O)c1ccc2ccccc2n1)C(=O)Nc1ccccc1-c1ccccc1. The van der Waals surface area contributed by atoms with E-state index in [1.807, 2.05) is 78.9 Å². The first-order valence-corrected chi connectivity index (χ1v) is 9.64. The molecule has 4 rings (SSSR count). The molecule has 4 aromatic rings. The molecule has 0 bridgehead atoms. The molecule has 1 atom stereocenters. The Morgan fingerprint density at radius 3 is 2.37 bits per heavy atom. The first-order chi connectivity index (χ1) is 14.6. The van der Waals surface area contributed by atoms with Crippen molar-refractivity contribution < 1.29 is 14.3 Å². The molecule has 1 aromatic heterocycles. The third-order valence-electron chi connectivity index (χ3n) is 4.73. The number of fused-ring (bicyclic) bond motifs is 1. The fraction of sp³-hybridized carbons (Fsp3) is 0.0800. The van der Waals surface area contributed by atoms with E-state index in [1.165, 1.54) is 0 Å². The minimum atomic E-state index is -0.977. The van der Waals surface area contributed by atoms with Crippen LogP contribution in [-0.4, -0.2) is 23.0 Å². The van der Waals surface area contributed by atoms with Crippen molar-refractivity contribution in [2.45, 2.75) is 13.0 Å². The van der Waals surface area contributed by atoms with E-state index in [-0.39, 0.29) is 5.69 Å². The number of amides is 1. The molecule has 1 N–H and O–H groups in total. The average Bonchev–Trinajstić information content (AvgIpc) is 2.79. The number of ether oxygens (including phenoxy) is 1. The van der Waals surface area contributed by atoms with Crippen LogP contribution >= 0.6 is 0 Å². The van der Waals surface area contributed by atoms with E-state index in [4.69, 9.17) is 4.74 Å². The van der Waals surface area contributed by atoms with Gasteiger partial charge in [-0.2, -0.15) is 0 Å². The van der Waals surface area contributed by atoms with E-state index in [0.29, 0.717) is 11.2 Å². The average molecular weight is 396 g/mol. The molecule has 3 aromatic carbocycles. The molecule has 0 unspecified atom stereocenters. The van der Waals surface area contributed by atoms with Crippen LogP contribution in [0.15, 0.2) is 91.0 Å². The van der Waals surface area contributed by atoms with Gasteiger partial charge in [0.1, 0.15) is 5.69 Å². The lowest BCUT2D eigenvalue weighted by molar-refractivity contribution is -0.123. The number of para-hydroxylation sites is 2. The summed E-state index contributed by atoms with van der Waals surface area (Å²) in [5, 5.41) is 3.79. The number of pyridine rings is 1. The summed E-state index contributed by atoms with van der Waals surface area (Å²) in [6.45, 7) is 1.54. The van der Waals surface area contributed by atoms with Crippen LogP contribution in [0.25, 0.3) is 22.0 Å². The van der Waals surface area contributed by atoms with E-state index >= 15 is 0 Å². The van der Waals surface area contributed by atoms with Crippen LogP contribution in [0.4, 0.5) is 5.69 Å². The van der Waals surface area contributed by atoms with Crippen LogP contribution in [0, 0.1) is 0 Å². The fourth-order valence-corrected chi connectivity index (χ4v) is 3.15. The Balaban J connectivity index is 1.47. The van der Waals surface area contributed by atoms with E-state index in [9.17, 15) is 9.59 Å². The van der Waals surface area contributed by atoms with Gasteiger partial charge in [0.25, 0.3) is 5.91 Å². The topological polar surface area (TPSA) is 68.3 Å². The number of hydrogen-bond donors (Lipinski definition) is 1. The zero-order valence-electron chi connectivity index (χ0n) is 16.4. The van der Waals surface area contributed by atoms with Crippen molar-refractivity contribution in [2.24, 2.45) is 0 Å². The molecule has 0 aliphatic rings. The number of benzene rings is 3. The Morgan fingerprint density at radius 1 is 0.833 bits per heavy atom. The Kier molecular flexibility index (Phi) is 5.52. The number of aromatic nitrogens is 1. The number of carbonyl (C=O) groups is 2. The summed E-state index contributed by atoms with van der Waals surface area (Å²) >= 11 is 0. The minimum Gasteiger partial charge on any atom is -0.448 e. The van der Waals surface area contributed by atoms with Crippen molar-refractivity contribution in [1.82, 2.24) is 4.98 Å². The van der Waals surface area contributed by atoms with Gasteiger partial charge in [-0.05, 0) is 30.7 Å². The lowest BCUT2D eigenvalue weighted by Crippen LogP contribution is -2.30. The predicted molar refractivity (Wildman–Crippen MR) is 117 cm³/mol. The lowest BCUT2D eigenvalue weighted by Gasteiger charge is -2.16. The molecule has 0 saturated carbocycles. The maximum Gasteiger partial charge on any atom is 0.357 e. The van der Waals surface area contributed by atoms with Crippen LogP contribution < -0.4 is 5.32 Å². The summed E-state index contributed by atoms with van der Waals surface area (Å²) in [5.41, 5.74) is 3.39. The molecule has 30 heavy (non-hydrogen) atoms. The Hall–Kier alpha value is -3.99. The van der Waals surface area contributed by atoms with E-state index in [2.05, 4.69) is 10.3 Å². The van der Waals surface area contributed by atoms with Gasteiger partial charge < -0.3 is 10.1 Å². The highest BCUT2D eigenvalue weighted by molar-refractivity contribution is 6.00. The van der Waals surface area contributed by atoms with Gasteiger partial charge in [0.2, 0.25) is 0 Å². The number of hydrogen-bond acceptors (Lipinski definition) is 4. The molecule has 1 heterocycles. The maximum absolute atomic E-state index is 12.7. The van der Waals surface area contributed by atoms with Gasteiger partial charge >= 0.3 is 5.97 Å². The van der Waals surface area contributed by atoms with E-state index in [1.54, 1.807) is 19.1 Å². The molecule has 0 aliphatic heterocycles. The van der Waals surface area contributed by atoms with Crippen molar-refractivity contribution in [3.05, 3.63) is 96.7 Å². The van der Waals surface area contributed by atoms with Gasteiger partial charge in [0, 0.05) is 16.6 Å². The lowest BCUT2D eigenvalue weighted by atomic mass is 10.0. The van der Waals surface area contributed by atoms with Crippen LogP contribution in [0.5, 0.6) is 0 Å². The summed E-state index contributed by atoms with van der Waals surface area (Å²) < 4.78 is 5.35. The molecule has 0 spiro atoms. The highest BCUT2D eigenvalue weighted by Crippen LogP contribution is 2.27. The molecule has 5 nitrogen and oxygen atoms in total. The van der Waals surface area contributed by atoms with Gasteiger partial charge in [-0.25, -0.2) is 9.78 Å². The summed E-state index contributed by atoms with van der Waals surface area (Å²) in [7, 11) is 0. The molecule has 0 saturated heterocycles. The minimum absolute atomic E-state index is 0.165. The molecule has 148 valence electrons. The van der Waals surface area contributed by atoms with Gasteiger partial charge in [0.15, 0.2) is 6.10 Å². The van der Waals surface area contributed by atoms with Gasteiger partial charge in [-0.1, -0.05) is 72.8 Å². The molecular weight excluding hydrogens is 376 g/mol. The van der Waals surface area contributed by atoms with Gasteiger partial charge in [0.05, 0.1) is 5.52 Å². The van der Waals surface area contributed by atoms with Crippen molar-refractivity contribution in [3.8, 4) is 11.1 Å².